The summed E-state index contributed by atoms with van der Waals surface area (Å²) < 4.78 is 32.0. The van der Waals surface area contributed by atoms with E-state index in [1.165, 1.54) is 4.31 Å². The number of morpholine rings is 1. The first-order valence-electron chi connectivity index (χ1n) is 7.89. The van der Waals surface area contributed by atoms with Gasteiger partial charge in [0, 0.05) is 24.7 Å². The number of anilines is 1. The molecule has 0 radical (unpaired) electrons. The van der Waals surface area contributed by atoms with Crippen LogP contribution in [0.4, 0.5) is 5.69 Å². The molecule has 1 amide bonds. The van der Waals surface area contributed by atoms with Gasteiger partial charge >= 0.3 is 0 Å². The number of nitrogens with zero attached hydrogens (tertiary/aromatic N) is 1. The maximum absolute atomic E-state index is 12.7. The van der Waals surface area contributed by atoms with Crippen molar-refractivity contribution in [2.24, 2.45) is 11.8 Å². The molecule has 126 valence electrons. The van der Waals surface area contributed by atoms with Crippen molar-refractivity contribution in [1.82, 2.24) is 4.31 Å². The molecule has 1 saturated heterocycles. The standard InChI is InChI=1S/C16H22N2O4S/c1-11-3-4-13(23(20,21)18-5-7-22-8-6-18)10-15(11)17-16(19)14-9-12(14)2/h3-4,10,12,14H,5-9H2,1-2H3,(H,17,19). The molecule has 1 aromatic carbocycles. The van der Waals surface area contributed by atoms with E-state index in [-0.39, 0.29) is 16.7 Å². The van der Waals surface area contributed by atoms with Crippen molar-refractivity contribution in [3.63, 3.8) is 0 Å². The van der Waals surface area contributed by atoms with Crippen LogP contribution in [0, 0.1) is 18.8 Å². The maximum atomic E-state index is 12.7. The molecule has 0 spiro atoms. The van der Waals surface area contributed by atoms with E-state index in [1.807, 2.05) is 13.8 Å². The van der Waals surface area contributed by atoms with Crippen molar-refractivity contribution in [1.29, 1.82) is 0 Å². The minimum atomic E-state index is -3.55. The van der Waals surface area contributed by atoms with Gasteiger partial charge in [0.1, 0.15) is 0 Å². The second-order valence-electron chi connectivity index (χ2n) is 6.30. The highest BCUT2D eigenvalue weighted by atomic mass is 32.2. The number of carbonyl (C=O) groups excluding carboxylic acids is 1. The lowest BCUT2D eigenvalue weighted by Crippen LogP contribution is -2.40. The Hall–Kier alpha value is -1.44. The molecule has 2 aliphatic rings. The Morgan fingerprint density at radius 3 is 2.57 bits per heavy atom. The Balaban J connectivity index is 1.83. The van der Waals surface area contributed by atoms with Gasteiger partial charge in [-0.3, -0.25) is 4.79 Å². The molecule has 1 saturated carbocycles. The third kappa shape index (κ3) is 3.41. The molecule has 1 aliphatic carbocycles. The van der Waals surface area contributed by atoms with Crippen molar-refractivity contribution < 1.29 is 17.9 Å². The predicted octanol–water partition coefficient (Wildman–Crippen LogP) is 1.61. The number of carbonyl (C=O) groups is 1. The Labute approximate surface area is 136 Å². The van der Waals surface area contributed by atoms with Crippen molar-refractivity contribution >= 4 is 21.6 Å². The summed E-state index contributed by atoms with van der Waals surface area (Å²) in [6.45, 7) is 5.44. The predicted molar refractivity (Wildman–Crippen MR) is 86.7 cm³/mol. The first-order valence-corrected chi connectivity index (χ1v) is 9.33. The number of hydrogen-bond donors (Lipinski definition) is 1. The van der Waals surface area contributed by atoms with E-state index in [0.29, 0.717) is 37.9 Å². The van der Waals surface area contributed by atoms with Crippen LogP contribution in [0.1, 0.15) is 18.9 Å². The number of ether oxygens (including phenoxy) is 1. The summed E-state index contributed by atoms with van der Waals surface area (Å²) >= 11 is 0. The molecule has 0 bridgehead atoms. The summed E-state index contributed by atoms with van der Waals surface area (Å²) in [4.78, 5) is 12.3. The molecule has 1 N–H and O–H groups in total. The first-order chi connectivity index (χ1) is 10.9. The second-order valence-corrected chi connectivity index (χ2v) is 8.24. The van der Waals surface area contributed by atoms with Crippen LogP contribution in [0.5, 0.6) is 0 Å². The average Bonchev–Trinajstić information content (AvgIpc) is 3.27. The topological polar surface area (TPSA) is 75.7 Å². The Kier molecular flexibility index (Phi) is 4.44. The Bertz CT molecular complexity index is 711. The summed E-state index contributed by atoms with van der Waals surface area (Å²) in [5.41, 5.74) is 1.43. The molecule has 2 fully saturated rings. The van der Waals surface area contributed by atoms with Gasteiger partial charge in [0.05, 0.1) is 18.1 Å². The highest BCUT2D eigenvalue weighted by molar-refractivity contribution is 7.89. The fraction of sp³-hybridized carbons (Fsp3) is 0.562. The molecule has 23 heavy (non-hydrogen) atoms. The first kappa shape index (κ1) is 16.4. The lowest BCUT2D eigenvalue weighted by Gasteiger charge is -2.26. The molecule has 2 unspecified atom stereocenters. The third-order valence-electron chi connectivity index (χ3n) is 4.52. The highest BCUT2D eigenvalue weighted by Crippen LogP contribution is 2.38. The Morgan fingerprint density at radius 1 is 1.30 bits per heavy atom. The number of benzene rings is 1. The summed E-state index contributed by atoms with van der Waals surface area (Å²) in [5, 5.41) is 2.87. The summed E-state index contributed by atoms with van der Waals surface area (Å²) in [5.74, 6) is 0.436. The fourth-order valence-corrected chi connectivity index (χ4v) is 4.18. The average molecular weight is 338 g/mol. The second kappa shape index (κ2) is 6.22. The molecular formula is C16H22N2O4S. The van der Waals surface area contributed by atoms with Gasteiger partial charge in [-0.15, -0.1) is 0 Å². The van der Waals surface area contributed by atoms with Gasteiger partial charge in [-0.2, -0.15) is 4.31 Å². The monoisotopic (exact) mass is 338 g/mol. The third-order valence-corrected chi connectivity index (χ3v) is 6.42. The van der Waals surface area contributed by atoms with Crippen LogP contribution >= 0.6 is 0 Å². The maximum Gasteiger partial charge on any atom is 0.243 e. The van der Waals surface area contributed by atoms with Crippen LogP contribution in [0.2, 0.25) is 0 Å². The number of hydrogen-bond acceptors (Lipinski definition) is 4. The van der Waals surface area contributed by atoms with Crippen LogP contribution in [0.15, 0.2) is 23.1 Å². The largest absolute Gasteiger partial charge is 0.379 e. The zero-order valence-corrected chi connectivity index (χ0v) is 14.2. The van der Waals surface area contributed by atoms with E-state index in [1.54, 1.807) is 18.2 Å². The molecule has 7 heteroatoms. The lowest BCUT2D eigenvalue weighted by atomic mass is 10.2. The van der Waals surface area contributed by atoms with Crippen LogP contribution in [0.25, 0.3) is 0 Å². The van der Waals surface area contributed by atoms with Crippen LogP contribution in [0.3, 0.4) is 0 Å². The summed E-state index contributed by atoms with van der Waals surface area (Å²) in [6.07, 6.45) is 0.899. The van der Waals surface area contributed by atoms with Gasteiger partial charge in [-0.25, -0.2) is 8.42 Å². The van der Waals surface area contributed by atoms with E-state index in [2.05, 4.69) is 5.32 Å². The molecule has 6 nitrogen and oxygen atoms in total. The number of nitrogens with one attached hydrogen (secondary N) is 1. The van der Waals surface area contributed by atoms with Gasteiger partial charge in [-0.05, 0) is 37.0 Å². The van der Waals surface area contributed by atoms with Crippen LogP contribution in [-0.2, 0) is 19.6 Å². The number of sulfonamides is 1. The molecule has 1 aliphatic heterocycles. The van der Waals surface area contributed by atoms with Gasteiger partial charge in [0.15, 0.2) is 0 Å². The van der Waals surface area contributed by atoms with E-state index in [4.69, 9.17) is 4.74 Å². The number of rotatable bonds is 4. The van der Waals surface area contributed by atoms with Gasteiger partial charge in [-0.1, -0.05) is 13.0 Å². The number of aryl methyl sites for hydroxylation is 1. The van der Waals surface area contributed by atoms with E-state index >= 15 is 0 Å². The normalized spacial score (nSPS) is 25.1. The molecule has 3 rings (SSSR count). The molecule has 1 aromatic rings. The van der Waals surface area contributed by atoms with Crippen LogP contribution in [-0.4, -0.2) is 44.9 Å². The summed E-state index contributed by atoms with van der Waals surface area (Å²) in [7, 11) is -3.55. The van der Waals surface area contributed by atoms with Gasteiger partial charge < -0.3 is 10.1 Å². The summed E-state index contributed by atoms with van der Waals surface area (Å²) in [6, 6.07) is 4.89. The zero-order chi connectivity index (χ0) is 16.6. The van der Waals surface area contributed by atoms with E-state index in [0.717, 1.165) is 12.0 Å². The van der Waals surface area contributed by atoms with Crippen molar-refractivity contribution in [2.45, 2.75) is 25.2 Å². The molecule has 0 aromatic heterocycles. The van der Waals surface area contributed by atoms with Crippen molar-refractivity contribution in [3.05, 3.63) is 23.8 Å². The quantitative estimate of drug-likeness (QED) is 0.905. The minimum Gasteiger partial charge on any atom is -0.379 e. The van der Waals surface area contributed by atoms with Crippen molar-refractivity contribution in [3.8, 4) is 0 Å². The highest BCUT2D eigenvalue weighted by Gasteiger charge is 2.39. The van der Waals surface area contributed by atoms with E-state index in [9.17, 15) is 13.2 Å². The van der Waals surface area contributed by atoms with Gasteiger partial charge in [0.25, 0.3) is 0 Å². The smallest absolute Gasteiger partial charge is 0.243 e. The fourth-order valence-electron chi connectivity index (χ4n) is 2.75. The lowest BCUT2D eigenvalue weighted by molar-refractivity contribution is -0.117. The molecular weight excluding hydrogens is 316 g/mol. The van der Waals surface area contributed by atoms with Crippen LogP contribution < -0.4 is 5.32 Å². The van der Waals surface area contributed by atoms with Gasteiger partial charge in [0.2, 0.25) is 15.9 Å². The van der Waals surface area contributed by atoms with E-state index < -0.39 is 10.0 Å². The van der Waals surface area contributed by atoms with Crippen molar-refractivity contribution in [2.75, 3.05) is 31.6 Å². The zero-order valence-electron chi connectivity index (χ0n) is 13.4. The number of amides is 1. The SMILES string of the molecule is Cc1ccc(S(=O)(=O)N2CCOCC2)cc1NC(=O)C1CC1C. The minimum absolute atomic E-state index is 0.0264. The molecule has 2 atom stereocenters. The molecule has 1 heterocycles. The Morgan fingerprint density at radius 2 is 1.96 bits per heavy atom.